The number of alkyl halides is 1. The van der Waals surface area contributed by atoms with Crippen LogP contribution in [0.15, 0.2) is 30.3 Å². The SMILES string of the molecule is O=C(NCC1(Cl)CCCCC1)OCc1ccccc1. The van der Waals surface area contributed by atoms with E-state index in [2.05, 4.69) is 5.32 Å². The Morgan fingerprint density at radius 3 is 2.58 bits per heavy atom. The number of halogens is 1. The van der Waals surface area contributed by atoms with Crippen LogP contribution in [0.3, 0.4) is 0 Å². The Morgan fingerprint density at radius 2 is 1.89 bits per heavy atom. The van der Waals surface area contributed by atoms with E-state index in [0.29, 0.717) is 13.2 Å². The first-order chi connectivity index (χ1) is 9.18. The van der Waals surface area contributed by atoms with Crippen LogP contribution in [-0.2, 0) is 11.3 Å². The fourth-order valence-corrected chi connectivity index (χ4v) is 2.70. The van der Waals surface area contributed by atoms with Crippen LogP contribution >= 0.6 is 11.6 Å². The number of hydrogen-bond acceptors (Lipinski definition) is 2. The zero-order valence-electron chi connectivity index (χ0n) is 11.0. The Bertz CT molecular complexity index is 402. The van der Waals surface area contributed by atoms with Crippen LogP contribution in [0.5, 0.6) is 0 Å². The summed E-state index contributed by atoms with van der Waals surface area (Å²) in [6, 6.07) is 9.64. The van der Waals surface area contributed by atoms with Crippen LogP contribution in [0.4, 0.5) is 4.79 Å². The van der Waals surface area contributed by atoms with Crippen LogP contribution in [0.25, 0.3) is 0 Å². The molecule has 19 heavy (non-hydrogen) atoms. The third-order valence-electron chi connectivity index (χ3n) is 3.51. The van der Waals surface area contributed by atoms with Gasteiger partial charge < -0.3 is 10.1 Å². The van der Waals surface area contributed by atoms with E-state index in [0.717, 1.165) is 31.2 Å². The molecule has 0 bridgehead atoms. The molecule has 1 amide bonds. The minimum Gasteiger partial charge on any atom is -0.445 e. The minimum absolute atomic E-state index is 0.274. The highest BCUT2D eigenvalue weighted by atomic mass is 35.5. The van der Waals surface area contributed by atoms with Gasteiger partial charge in [0.05, 0.1) is 4.87 Å². The molecule has 0 atom stereocenters. The van der Waals surface area contributed by atoms with Gasteiger partial charge in [-0.25, -0.2) is 4.79 Å². The topological polar surface area (TPSA) is 38.3 Å². The average molecular weight is 282 g/mol. The second-order valence-electron chi connectivity index (χ2n) is 5.13. The van der Waals surface area contributed by atoms with Gasteiger partial charge in [-0.1, -0.05) is 49.6 Å². The van der Waals surface area contributed by atoms with Crippen molar-refractivity contribution in [3.63, 3.8) is 0 Å². The lowest BCUT2D eigenvalue weighted by Gasteiger charge is -2.30. The number of ether oxygens (including phenoxy) is 1. The van der Waals surface area contributed by atoms with Crippen molar-refractivity contribution in [3.05, 3.63) is 35.9 Å². The largest absolute Gasteiger partial charge is 0.445 e. The van der Waals surface area contributed by atoms with Gasteiger partial charge >= 0.3 is 6.09 Å². The predicted octanol–water partition coefficient (Wildman–Crippen LogP) is 3.85. The predicted molar refractivity (Wildman–Crippen MR) is 76.3 cm³/mol. The van der Waals surface area contributed by atoms with Gasteiger partial charge in [-0.05, 0) is 18.4 Å². The van der Waals surface area contributed by atoms with E-state index in [1.165, 1.54) is 6.42 Å². The maximum atomic E-state index is 11.6. The van der Waals surface area contributed by atoms with Crippen LogP contribution in [-0.4, -0.2) is 17.5 Å². The summed E-state index contributed by atoms with van der Waals surface area (Å²) in [4.78, 5) is 11.3. The maximum absolute atomic E-state index is 11.6. The van der Waals surface area contributed by atoms with Crippen molar-refractivity contribution >= 4 is 17.7 Å². The van der Waals surface area contributed by atoms with E-state index >= 15 is 0 Å². The number of amides is 1. The monoisotopic (exact) mass is 281 g/mol. The van der Waals surface area contributed by atoms with Crippen molar-refractivity contribution in [2.24, 2.45) is 0 Å². The first-order valence-corrected chi connectivity index (χ1v) is 7.19. The number of benzene rings is 1. The van der Waals surface area contributed by atoms with Crippen LogP contribution in [0, 0.1) is 0 Å². The molecule has 0 saturated heterocycles. The minimum atomic E-state index is -0.394. The first kappa shape index (κ1) is 14.2. The highest BCUT2D eigenvalue weighted by Gasteiger charge is 2.29. The van der Waals surface area contributed by atoms with Crippen molar-refractivity contribution < 1.29 is 9.53 Å². The number of hydrogen-bond donors (Lipinski definition) is 1. The molecule has 104 valence electrons. The van der Waals surface area contributed by atoms with Crippen molar-refractivity contribution in [2.75, 3.05) is 6.54 Å². The first-order valence-electron chi connectivity index (χ1n) is 6.81. The zero-order chi connectivity index (χ0) is 13.6. The molecule has 1 aromatic rings. The van der Waals surface area contributed by atoms with Gasteiger partial charge in [0.25, 0.3) is 0 Å². The summed E-state index contributed by atoms with van der Waals surface area (Å²) in [6.45, 7) is 0.782. The van der Waals surface area contributed by atoms with E-state index in [1.807, 2.05) is 30.3 Å². The summed E-state index contributed by atoms with van der Waals surface area (Å²) >= 11 is 6.47. The molecule has 1 saturated carbocycles. The van der Waals surface area contributed by atoms with E-state index in [9.17, 15) is 4.79 Å². The summed E-state index contributed by atoms with van der Waals surface area (Å²) in [5, 5.41) is 2.77. The molecule has 0 radical (unpaired) electrons. The Balaban J connectivity index is 1.70. The summed E-state index contributed by atoms with van der Waals surface area (Å²) in [7, 11) is 0. The molecule has 2 rings (SSSR count). The molecular formula is C15H20ClNO2. The highest BCUT2D eigenvalue weighted by Crippen LogP contribution is 2.33. The molecule has 4 heteroatoms. The van der Waals surface area contributed by atoms with E-state index < -0.39 is 6.09 Å². The lowest BCUT2D eigenvalue weighted by molar-refractivity contribution is 0.137. The Hall–Kier alpha value is -1.22. The summed E-state index contributed by atoms with van der Waals surface area (Å²) < 4.78 is 5.16. The van der Waals surface area contributed by atoms with E-state index in [1.54, 1.807) is 0 Å². The standard InChI is InChI=1S/C15H20ClNO2/c16-15(9-5-2-6-10-15)12-17-14(18)19-11-13-7-3-1-4-8-13/h1,3-4,7-8H,2,5-6,9-12H2,(H,17,18). The van der Waals surface area contributed by atoms with Gasteiger partial charge in [-0.3, -0.25) is 0 Å². The second kappa shape index (κ2) is 6.80. The fourth-order valence-electron chi connectivity index (χ4n) is 2.37. The van der Waals surface area contributed by atoms with Crippen LogP contribution in [0.2, 0.25) is 0 Å². The Morgan fingerprint density at radius 1 is 1.21 bits per heavy atom. The number of nitrogens with one attached hydrogen (secondary N) is 1. The zero-order valence-corrected chi connectivity index (χ0v) is 11.8. The number of carbonyl (C=O) groups is 1. The second-order valence-corrected chi connectivity index (χ2v) is 5.93. The lowest BCUT2D eigenvalue weighted by Crippen LogP contribution is -2.40. The normalized spacial score (nSPS) is 17.7. The molecule has 1 fully saturated rings. The third kappa shape index (κ3) is 4.75. The number of carbonyl (C=O) groups excluding carboxylic acids is 1. The number of rotatable bonds is 4. The lowest BCUT2D eigenvalue weighted by atomic mass is 9.88. The maximum Gasteiger partial charge on any atom is 0.407 e. The molecule has 1 aliphatic rings. The molecule has 0 unspecified atom stereocenters. The Kier molecular flexibility index (Phi) is 5.08. The molecule has 1 aliphatic carbocycles. The molecule has 0 spiro atoms. The van der Waals surface area contributed by atoms with Gasteiger partial charge in [0.15, 0.2) is 0 Å². The molecule has 1 aromatic carbocycles. The van der Waals surface area contributed by atoms with Crippen molar-refractivity contribution in [1.29, 1.82) is 0 Å². The van der Waals surface area contributed by atoms with Crippen LogP contribution < -0.4 is 5.32 Å². The molecule has 1 N–H and O–H groups in total. The van der Waals surface area contributed by atoms with Gasteiger partial charge in [0.2, 0.25) is 0 Å². The summed E-state index contributed by atoms with van der Waals surface area (Å²) in [5.41, 5.74) is 0.982. The molecular weight excluding hydrogens is 262 g/mol. The van der Waals surface area contributed by atoms with E-state index in [-0.39, 0.29) is 4.87 Å². The van der Waals surface area contributed by atoms with Gasteiger partial charge in [0.1, 0.15) is 6.61 Å². The fraction of sp³-hybridized carbons (Fsp3) is 0.533. The third-order valence-corrected chi connectivity index (χ3v) is 4.02. The van der Waals surface area contributed by atoms with Crippen molar-refractivity contribution in [3.8, 4) is 0 Å². The average Bonchev–Trinajstić information content (AvgIpc) is 2.45. The number of alkyl carbamates (subject to hydrolysis) is 1. The summed E-state index contributed by atoms with van der Waals surface area (Å²) in [5.74, 6) is 0. The molecule has 3 nitrogen and oxygen atoms in total. The van der Waals surface area contributed by atoms with Gasteiger partial charge in [-0.15, -0.1) is 11.6 Å². The molecule has 0 heterocycles. The summed E-state index contributed by atoms with van der Waals surface area (Å²) in [6.07, 6.45) is 5.07. The van der Waals surface area contributed by atoms with Gasteiger partial charge in [-0.2, -0.15) is 0 Å². The van der Waals surface area contributed by atoms with Crippen LogP contribution in [0.1, 0.15) is 37.7 Å². The molecule has 0 aliphatic heterocycles. The smallest absolute Gasteiger partial charge is 0.407 e. The molecule has 0 aromatic heterocycles. The van der Waals surface area contributed by atoms with Crippen molar-refractivity contribution in [2.45, 2.75) is 43.6 Å². The van der Waals surface area contributed by atoms with Gasteiger partial charge in [0, 0.05) is 6.54 Å². The van der Waals surface area contributed by atoms with Crippen molar-refractivity contribution in [1.82, 2.24) is 5.32 Å². The Labute approximate surface area is 119 Å². The van der Waals surface area contributed by atoms with E-state index in [4.69, 9.17) is 16.3 Å². The highest BCUT2D eigenvalue weighted by molar-refractivity contribution is 6.24. The quantitative estimate of drug-likeness (QED) is 0.851.